The summed E-state index contributed by atoms with van der Waals surface area (Å²) in [6, 6.07) is 18.0. The van der Waals surface area contributed by atoms with E-state index in [1.807, 2.05) is 0 Å². The maximum Gasteiger partial charge on any atom is 0.287 e. The zero-order valence-corrected chi connectivity index (χ0v) is 17.5. The molecule has 1 aromatic heterocycles. The summed E-state index contributed by atoms with van der Waals surface area (Å²) in [5.41, 5.74) is 1.31. The number of hydrogen-bond donors (Lipinski definition) is 1. The lowest BCUT2D eigenvalue weighted by Gasteiger charge is -2.35. The van der Waals surface area contributed by atoms with E-state index in [1.165, 1.54) is 16.3 Å². The van der Waals surface area contributed by atoms with Gasteiger partial charge in [-0.2, -0.15) is 0 Å². The van der Waals surface area contributed by atoms with Gasteiger partial charge in [0, 0.05) is 32.7 Å². The van der Waals surface area contributed by atoms with Crippen LogP contribution < -0.4 is 5.32 Å². The van der Waals surface area contributed by atoms with E-state index < -0.39 is 5.91 Å². The number of benzene rings is 2. The Morgan fingerprint density at radius 2 is 1.72 bits per heavy atom. The fourth-order valence-electron chi connectivity index (χ4n) is 3.62. The summed E-state index contributed by atoms with van der Waals surface area (Å²) in [6.07, 6.45) is 0. The number of nitrogens with zero attached hydrogens (tertiary/aromatic N) is 2. The van der Waals surface area contributed by atoms with Gasteiger partial charge in [0.15, 0.2) is 10.4 Å². The first-order chi connectivity index (χ1) is 14.1. The van der Waals surface area contributed by atoms with Crippen molar-refractivity contribution < 1.29 is 14.0 Å². The molecule has 6 nitrogen and oxygen atoms in total. The largest absolute Gasteiger partial charge is 0.444 e. The maximum atomic E-state index is 12.4. The number of hydrogen-bond acceptors (Lipinski definition) is 4. The molecule has 0 saturated carbocycles. The molecule has 1 fully saturated rings. The molecule has 1 N–H and O–H groups in total. The molecule has 4 rings (SSSR count). The first kappa shape index (κ1) is 19.7. The van der Waals surface area contributed by atoms with Gasteiger partial charge in [0.2, 0.25) is 5.91 Å². The van der Waals surface area contributed by atoms with Crippen molar-refractivity contribution in [2.75, 3.05) is 32.7 Å². The number of carbonyl (C=O) groups excluding carboxylic acids is 2. The molecule has 0 atom stereocenters. The van der Waals surface area contributed by atoms with Gasteiger partial charge in [0.1, 0.15) is 0 Å². The highest BCUT2D eigenvalue weighted by Gasteiger charge is 2.22. The predicted molar refractivity (Wildman–Crippen MR) is 115 cm³/mol. The van der Waals surface area contributed by atoms with Crippen LogP contribution in [-0.4, -0.2) is 54.3 Å². The van der Waals surface area contributed by atoms with E-state index in [-0.39, 0.29) is 18.2 Å². The SMILES string of the molecule is O=C(NCC(=O)N1CCN(Cc2cccc3ccccc23)CC1)c1ccc(Br)o1. The van der Waals surface area contributed by atoms with Crippen LogP contribution in [0.2, 0.25) is 0 Å². The summed E-state index contributed by atoms with van der Waals surface area (Å²) in [7, 11) is 0. The Morgan fingerprint density at radius 3 is 2.48 bits per heavy atom. The molecule has 2 amide bonds. The van der Waals surface area contributed by atoms with Crippen LogP contribution in [0, 0.1) is 0 Å². The second-order valence-electron chi connectivity index (χ2n) is 7.08. The lowest BCUT2D eigenvalue weighted by atomic mass is 10.0. The first-order valence-electron chi connectivity index (χ1n) is 9.60. The monoisotopic (exact) mass is 455 g/mol. The van der Waals surface area contributed by atoms with Gasteiger partial charge in [-0.3, -0.25) is 14.5 Å². The van der Waals surface area contributed by atoms with Crippen LogP contribution in [0.4, 0.5) is 0 Å². The highest BCUT2D eigenvalue weighted by Crippen LogP contribution is 2.20. The molecule has 2 heterocycles. The maximum absolute atomic E-state index is 12.4. The molecule has 7 heteroatoms. The minimum atomic E-state index is -0.390. The van der Waals surface area contributed by atoms with E-state index in [4.69, 9.17) is 4.42 Å². The number of piperazine rings is 1. The number of fused-ring (bicyclic) bond motifs is 1. The third kappa shape index (κ3) is 4.68. The molecule has 3 aromatic rings. The van der Waals surface area contributed by atoms with Crippen LogP contribution in [0.1, 0.15) is 16.1 Å². The van der Waals surface area contributed by atoms with Crippen molar-refractivity contribution in [3.63, 3.8) is 0 Å². The zero-order valence-electron chi connectivity index (χ0n) is 15.9. The molecule has 0 radical (unpaired) electrons. The van der Waals surface area contributed by atoms with Crippen molar-refractivity contribution in [1.82, 2.24) is 15.1 Å². The smallest absolute Gasteiger partial charge is 0.287 e. The third-order valence-electron chi connectivity index (χ3n) is 5.20. The number of carbonyl (C=O) groups is 2. The Hall–Kier alpha value is -2.64. The quantitative estimate of drug-likeness (QED) is 0.640. The Kier molecular flexibility index (Phi) is 5.97. The van der Waals surface area contributed by atoms with E-state index in [0.717, 1.165) is 19.6 Å². The van der Waals surface area contributed by atoms with Crippen LogP contribution in [0.5, 0.6) is 0 Å². The van der Waals surface area contributed by atoms with Crippen LogP contribution in [0.3, 0.4) is 0 Å². The number of rotatable bonds is 5. The van der Waals surface area contributed by atoms with Gasteiger partial charge >= 0.3 is 0 Å². The second-order valence-corrected chi connectivity index (χ2v) is 7.86. The highest BCUT2D eigenvalue weighted by atomic mass is 79.9. The van der Waals surface area contributed by atoms with Crippen molar-refractivity contribution >= 4 is 38.5 Å². The molecular weight excluding hydrogens is 434 g/mol. The molecule has 0 spiro atoms. The van der Waals surface area contributed by atoms with Gasteiger partial charge in [-0.25, -0.2) is 0 Å². The summed E-state index contributed by atoms with van der Waals surface area (Å²) in [5.74, 6) is -0.281. The molecule has 150 valence electrons. The van der Waals surface area contributed by atoms with Gasteiger partial charge in [-0.05, 0) is 44.4 Å². The van der Waals surface area contributed by atoms with Crippen molar-refractivity contribution in [1.29, 1.82) is 0 Å². The zero-order chi connectivity index (χ0) is 20.2. The van der Waals surface area contributed by atoms with E-state index in [2.05, 4.69) is 68.6 Å². The standard InChI is InChI=1S/C22H22BrN3O3/c23-20-9-8-19(29-20)22(28)24-14-21(27)26-12-10-25(11-13-26)15-17-6-3-5-16-4-1-2-7-18(16)17/h1-9H,10-15H2,(H,24,28). The summed E-state index contributed by atoms with van der Waals surface area (Å²) >= 11 is 3.16. The third-order valence-corrected chi connectivity index (χ3v) is 5.62. The normalized spacial score (nSPS) is 14.9. The summed E-state index contributed by atoms with van der Waals surface area (Å²) in [5, 5.41) is 5.15. The fraction of sp³-hybridized carbons (Fsp3) is 0.273. The van der Waals surface area contributed by atoms with Gasteiger partial charge in [0.05, 0.1) is 6.54 Å². The number of halogens is 1. The summed E-state index contributed by atoms with van der Waals surface area (Å²) in [6.45, 7) is 3.79. The topological polar surface area (TPSA) is 65.8 Å². The van der Waals surface area contributed by atoms with E-state index >= 15 is 0 Å². The molecule has 2 aromatic carbocycles. The Balaban J connectivity index is 1.27. The molecule has 0 aliphatic carbocycles. The Bertz CT molecular complexity index is 1020. The molecule has 0 unspecified atom stereocenters. The summed E-state index contributed by atoms with van der Waals surface area (Å²) in [4.78, 5) is 28.6. The van der Waals surface area contributed by atoms with Gasteiger partial charge in [0.25, 0.3) is 5.91 Å². The minimum absolute atomic E-state index is 0.0273. The van der Waals surface area contributed by atoms with Gasteiger partial charge < -0.3 is 14.6 Å². The predicted octanol–water partition coefficient (Wildman–Crippen LogP) is 3.27. The number of amides is 2. The first-order valence-corrected chi connectivity index (χ1v) is 10.4. The van der Waals surface area contributed by atoms with Crippen LogP contribution in [0.25, 0.3) is 10.8 Å². The lowest BCUT2D eigenvalue weighted by molar-refractivity contribution is -0.131. The minimum Gasteiger partial charge on any atom is -0.444 e. The van der Waals surface area contributed by atoms with Crippen molar-refractivity contribution in [2.45, 2.75) is 6.54 Å². The van der Waals surface area contributed by atoms with Crippen LogP contribution in [0.15, 0.2) is 63.7 Å². The Labute approximate surface area is 177 Å². The average Bonchev–Trinajstić information content (AvgIpc) is 3.19. The lowest BCUT2D eigenvalue weighted by Crippen LogP contribution is -2.50. The number of furan rings is 1. The Morgan fingerprint density at radius 1 is 0.966 bits per heavy atom. The van der Waals surface area contributed by atoms with Gasteiger partial charge in [-0.1, -0.05) is 42.5 Å². The molecule has 1 aliphatic rings. The van der Waals surface area contributed by atoms with E-state index in [1.54, 1.807) is 17.0 Å². The van der Waals surface area contributed by atoms with E-state index in [9.17, 15) is 9.59 Å². The fourth-order valence-corrected chi connectivity index (χ4v) is 3.92. The van der Waals surface area contributed by atoms with Crippen LogP contribution in [-0.2, 0) is 11.3 Å². The summed E-state index contributed by atoms with van der Waals surface area (Å²) < 4.78 is 5.68. The highest BCUT2D eigenvalue weighted by molar-refractivity contribution is 9.10. The van der Waals surface area contributed by atoms with Crippen molar-refractivity contribution in [3.8, 4) is 0 Å². The van der Waals surface area contributed by atoms with Crippen molar-refractivity contribution in [2.24, 2.45) is 0 Å². The van der Waals surface area contributed by atoms with Gasteiger partial charge in [-0.15, -0.1) is 0 Å². The molecule has 0 bridgehead atoms. The van der Waals surface area contributed by atoms with E-state index in [0.29, 0.717) is 17.8 Å². The number of nitrogens with one attached hydrogen (secondary N) is 1. The average molecular weight is 456 g/mol. The molecular formula is C22H22BrN3O3. The molecule has 1 aliphatic heterocycles. The van der Waals surface area contributed by atoms with Crippen molar-refractivity contribution in [3.05, 3.63) is 70.6 Å². The molecule has 29 heavy (non-hydrogen) atoms. The molecule has 1 saturated heterocycles. The second kappa shape index (κ2) is 8.80. The van der Waals surface area contributed by atoms with Crippen LogP contribution >= 0.6 is 15.9 Å².